The summed E-state index contributed by atoms with van der Waals surface area (Å²) in [4.78, 5) is 4.25. The smallest absolute Gasteiger partial charge is 0.280 e. The Labute approximate surface area is 125 Å². The SMILES string of the molecule is CCOc1ccc2nc(NS(=O)(=O)c3ccn[nH]3)sc2c1. The van der Waals surface area contributed by atoms with Crippen LogP contribution in [0.15, 0.2) is 35.5 Å². The predicted molar refractivity (Wildman–Crippen MR) is 80.2 cm³/mol. The van der Waals surface area contributed by atoms with Crippen LogP contribution < -0.4 is 9.46 Å². The molecule has 2 N–H and O–H groups in total. The molecule has 0 aliphatic heterocycles. The van der Waals surface area contributed by atoms with Gasteiger partial charge in [0.25, 0.3) is 10.0 Å². The summed E-state index contributed by atoms with van der Waals surface area (Å²) in [6.45, 7) is 2.48. The Morgan fingerprint density at radius 1 is 1.38 bits per heavy atom. The van der Waals surface area contributed by atoms with E-state index in [1.165, 1.54) is 23.6 Å². The number of ether oxygens (including phenoxy) is 1. The van der Waals surface area contributed by atoms with E-state index < -0.39 is 10.0 Å². The number of fused-ring (bicyclic) bond motifs is 1. The van der Waals surface area contributed by atoms with E-state index in [1.54, 1.807) is 12.1 Å². The first-order valence-electron chi connectivity index (χ1n) is 6.14. The van der Waals surface area contributed by atoms with E-state index in [0.29, 0.717) is 17.3 Å². The van der Waals surface area contributed by atoms with Crippen LogP contribution in [0.5, 0.6) is 5.75 Å². The van der Waals surface area contributed by atoms with Crippen molar-refractivity contribution in [2.45, 2.75) is 11.9 Å². The Morgan fingerprint density at radius 2 is 2.24 bits per heavy atom. The van der Waals surface area contributed by atoms with E-state index >= 15 is 0 Å². The molecule has 0 amide bonds. The molecule has 3 rings (SSSR count). The van der Waals surface area contributed by atoms with Crippen LogP contribution in [0.3, 0.4) is 0 Å². The van der Waals surface area contributed by atoms with E-state index in [2.05, 4.69) is 19.9 Å². The summed E-state index contributed by atoms with van der Waals surface area (Å²) in [6.07, 6.45) is 1.38. The number of thiazole rings is 1. The number of hydrogen-bond acceptors (Lipinski definition) is 6. The molecule has 2 aromatic heterocycles. The molecule has 0 atom stereocenters. The number of rotatable bonds is 5. The monoisotopic (exact) mass is 324 g/mol. The molecule has 0 unspecified atom stereocenters. The van der Waals surface area contributed by atoms with Crippen molar-refractivity contribution in [2.75, 3.05) is 11.3 Å². The molecule has 0 fully saturated rings. The highest BCUT2D eigenvalue weighted by molar-refractivity contribution is 7.92. The molecule has 3 aromatic rings. The van der Waals surface area contributed by atoms with Crippen molar-refractivity contribution >= 4 is 36.7 Å². The van der Waals surface area contributed by atoms with Gasteiger partial charge in [-0.25, -0.2) is 4.98 Å². The van der Waals surface area contributed by atoms with E-state index in [0.717, 1.165) is 10.4 Å². The molecular formula is C12H12N4O3S2. The van der Waals surface area contributed by atoms with Gasteiger partial charge >= 0.3 is 0 Å². The lowest BCUT2D eigenvalue weighted by atomic mass is 10.3. The second-order valence-electron chi connectivity index (χ2n) is 4.11. The zero-order chi connectivity index (χ0) is 14.9. The lowest BCUT2D eigenvalue weighted by Crippen LogP contribution is -2.13. The summed E-state index contributed by atoms with van der Waals surface area (Å²) in [5.74, 6) is 0.733. The van der Waals surface area contributed by atoms with E-state index in [1.807, 2.05) is 13.0 Å². The Balaban J connectivity index is 1.91. The summed E-state index contributed by atoms with van der Waals surface area (Å²) in [5.41, 5.74) is 0.714. The van der Waals surface area contributed by atoms with E-state index in [-0.39, 0.29) is 5.03 Å². The van der Waals surface area contributed by atoms with Crippen LogP contribution >= 0.6 is 11.3 Å². The molecule has 110 valence electrons. The van der Waals surface area contributed by atoms with Crippen molar-refractivity contribution in [3.05, 3.63) is 30.5 Å². The second-order valence-corrected chi connectivity index (χ2v) is 6.79. The summed E-state index contributed by atoms with van der Waals surface area (Å²) < 4.78 is 32.8. The Morgan fingerprint density at radius 3 is 2.95 bits per heavy atom. The topological polar surface area (TPSA) is 97.0 Å². The van der Waals surface area contributed by atoms with Crippen molar-refractivity contribution < 1.29 is 13.2 Å². The van der Waals surface area contributed by atoms with Crippen LogP contribution in [0, 0.1) is 0 Å². The van der Waals surface area contributed by atoms with Gasteiger partial charge in [-0.15, -0.1) is 0 Å². The number of nitrogens with zero attached hydrogens (tertiary/aromatic N) is 2. The minimum Gasteiger partial charge on any atom is -0.494 e. The van der Waals surface area contributed by atoms with Gasteiger partial charge in [0.15, 0.2) is 10.2 Å². The maximum Gasteiger partial charge on any atom is 0.280 e. The van der Waals surface area contributed by atoms with Gasteiger partial charge in [-0.1, -0.05) is 11.3 Å². The fourth-order valence-electron chi connectivity index (χ4n) is 1.77. The third-order valence-electron chi connectivity index (χ3n) is 2.66. The average molecular weight is 324 g/mol. The first kappa shape index (κ1) is 13.8. The van der Waals surface area contributed by atoms with Crippen LogP contribution in [-0.2, 0) is 10.0 Å². The first-order chi connectivity index (χ1) is 10.1. The number of sulfonamides is 1. The molecule has 0 saturated carbocycles. The zero-order valence-corrected chi connectivity index (χ0v) is 12.7. The van der Waals surface area contributed by atoms with Crippen molar-refractivity contribution in [3.8, 4) is 5.75 Å². The molecule has 0 saturated heterocycles. The number of anilines is 1. The number of hydrogen-bond donors (Lipinski definition) is 2. The molecule has 7 nitrogen and oxygen atoms in total. The number of benzene rings is 1. The van der Waals surface area contributed by atoms with Crippen molar-refractivity contribution in [1.29, 1.82) is 0 Å². The lowest BCUT2D eigenvalue weighted by Gasteiger charge is -2.00. The third kappa shape index (κ3) is 2.83. The van der Waals surface area contributed by atoms with Gasteiger partial charge in [0.2, 0.25) is 0 Å². The number of H-pyrrole nitrogens is 1. The molecule has 21 heavy (non-hydrogen) atoms. The fraction of sp³-hybridized carbons (Fsp3) is 0.167. The molecule has 0 radical (unpaired) electrons. The Hall–Kier alpha value is -2.13. The van der Waals surface area contributed by atoms with Gasteiger partial charge in [-0.3, -0.25) is 9.82 Å². The molecule has 0 spiro atoms. The molecule has 0 aliphatic carbocycles. The van der Waals surface area contributed by atoms with Crippen molar-refractivity contribution in [2.24, 2.45) is 0 Å². The average Bonchev–Trinajstić information content (AvgIpc) is 3.06. The standard InChI is InChI=1S/C12H12N4O3S2/c1-2-19-8-3-4-9-10(7-8)20-12(14-9)16-21(17,18)11-5-6-13-15-11/h3-7H,2H2,1H3,(H,13,15)(H,14,16). The van der Waals surface area contributed by atoms with Crippen molar-refractivity contribution in [1.82, 2.24) is 15.2 Å². The maximum absolute atomic E-state index is 12.1. The van der Waals surface area contributed by atoms with Crippen LogP contribution in [0.1, 0.15) is 6.92 Å². The second kappa shape index (κ2) is 5.34. The normalized spacial score (nSPS) is 11.7. The minimum absolute atomic E-state index is 0.00300. The van der Waals surface area contributed by atoms with Gasteiger partial charge in [-0.2, -0.15) is 13.5 Å². The third-order valence-corrected chi connectivity index (χ3v) is 4.99. The summed E-state index contributed by atoms with van der Waals surface area (Å²) in [5, 5.41) is 6.34. The molecular weight excluding hydrogens is 312 g/mol. The van der Waals surface area contributed by atoms with Gasteiger partial charge in [0.1, 0.15) is 5.75 Å². The minimum atomic E-state index is -3.69. The van der Waals surface area contributed by atoms with Gasteiger partial charge < -0.3 is 4.74 Å². The molecule has 1 aromatic carbocycles. The van der Waals surface area contributed by atoms with Crippen molar-refractivity contribution in [3.63, 3.8) is 0 Å². The van der Waals surface area contributed by atoms with Crippen LogP contribution in [0.25, 0.3) is 10.2 Å². The fourth-order valence-corrected chi connectivity index (χ4v) is 3.81. The molecule has 0 bridgehead atoms. The summed E-state index contributed by atoms with van der Waals surface area (Å²) in [7, 11) is -3.69. The number of aromatic nitrogens is 3. The van der Waals surface area contributed by atoms with Gasteiger partial charge in [-0.05, 0) is 31.2 Å². The number of nitrogens with one attached hydrogen (secondary N) is 2. The first-order valence-corrected chi connectivity index (χ1v) is 8.44. The maximum atomic E-state index is 12.1. The van der Waals surface area contributed by atoms with Crippen LogP contribution in [-0.4, -0.2) is 30.2 Å². The lowest BCUT2D eigenvalue weighted by molar-refractivity contribution is 0.341. The predicted octanol–water partition coefficient (Wildman–Crippen LogP) is 2.22. The highest BCUT2D eigenvalue weighted by Gasteiger charge is 2.17. The highest BCUT2D eigenvalue weighted by Crippen LogP contribution is 2.30. The Bertz CT molecular complexity index is 856. The zero-order valence-electron chi connectivity index (χ0n) is 11.0. The highest BCUT2D eigenvalue weighted by atomic mass is 32.2. The van der Waals surface area contributed by atoms with E-state index in [9.17, 15) is 8.42 Å². The quantitative estimate of drug-likeness (QED) is 0.750. The largest absolute Gasteiger partial charge is 0.494 e. The van der Waals surface area contributed by atoms with Gasteiger partial charge in [0, 0.05) is 0 Å². The molecule has 0 aliphatic rings. The van der Waals surface area contributed by atoms with Gasteiger partial charge in [0.05, 0.1) is 23.0 Å². The summed E-state index contributed by atoms with van der Waals surface area (Å²) >= 11 is 1.25. The van der Waals surface area contributed by atoms with Crippen LogP contribution in [0.4, 0.5) is 5.13 Å². The Kier molecular flexibility index (Phi) is 3.52. The van der Waals surface area contributed by atoms with E-state index in [4.69, 9.17) is 4.74 Å². The molecule has 9 heteroatoms. The summed E-state index contributed by atoms with van der Waals surface area (Å²) in [6, 6.07) is 6.82. The number of aromatic amines is 1. The molecule has 2 heterocycles. The van der Waals surface area contributed by atoms with Crippen LogP contribution in [0.2, 0.25) is 0 Å².